The molecule has 0 aliphatic rings. The van der Waals surface area contributed by atoms with E-state index >= 15 is 0 Å². The molecule has 13 heteroatoms. The van der Waals surface area contributed by atoms with Crippen LogP contribution in [0.15, 0.2) is 42.5 Å². The van der Waals surface area contributed by atoms with Crippen LogP contribution in [0, 0.1) is 0 Å². The number of nitrogens with two attached hydrogens (primary N) is 1. The van der Waals surface area contributed by atoms with Crippen LogP contribution >= 0.6 is 0 Å². The summed E-state index contributed by atoms with van der Waals surface area (Å²) >= 11 is 0. The molecule has 160 valence electrons. The topological polar surface area (TPSA) is 137 Å². The molecule has 0 aliphatic heterocycles. The number of benzene rings is 1. The van der Waals surface area contributed by atoms with Crippen molar-refractivity contribution < 1.29 is 26.7 Å². The lowest BCUT2D eigenvalue weighted by molar-refractivity contribution is -0.137. The van der Waals surface area contributed by atoms with Gasteiger partial charge in [0.15, 0.2) is 0 Å². The molecule has 0 saturated heterocycles. The van der Waals surface area contributed by atoms with Gasteiger partial charge in [0.05, 0.1) is 23.6 Å². The zero-order valence-corrected chi connectivity index (χ0v) is 16.4. The Morgan fingerprint density at radius 1 is 1.17 bits per heavy atom. The van der Waals surface area contributed by atoms with Crippen molar-refractivity contribution in [3.05, 3.63) is 59.3 Å². The minimum atomic E-state index is -4.46. The Bertz CT molecular complexity index is 1160. The number of hydrogen-bond acceptors (Lipinski definition) is 7. The van der Waals surface area contributed by atoms with E-state index in [1.807, 2.05) is 0 Å². The molecule has 9 nitrogen and oxygen atoms in total. The molecule has 30 heavy (non-hydrogen) atoms. The summed E-state index contributed by atoms with van der Waals surface area (Å²) in [6.45, 7) is 1.20. The lowest BCUT2D eigenvalue weighted by Crippen LogP contribution is -2.35. The Hall–Kier alpha value is -2.90. The fourth-order valence-corrected chi connectivity index (χ4v) is 3.68. The van der Waals surface area contributed by atoms with E-state index < -0.39 is 33.1 Å². The maximum Gasteiger partial charge on any atom is 0.416 e. The molecule has 3 aromatic rings. The fourth-order valence-electron chi connectivity index (χ4n) is 2.75. The zero-order chi connectivity index (χ0) is 22.2. The van der Waals surface area contributed by atoms with Crippen molar-refractivity contribution in [2.75, 3.05) is 5.75 Å². The predicted molar refractivity (Wildman–Crippen MR) is 99.1 cm³/mol. The molecule has 0 fully saturated rings. The largest absolute Gasteiger partial charge is 0.416 e. The first-order chi connectivity index (χ1) is 13.8. The molecular formula is C17H17F3N6O3S. The van der Waals surface area contributed by atoms with Gasteiger partial charge >= 0.3 is 6.18 Å². The van der Waals surface area contributed by atoms with Crippen LogP contribution in [0.25, 0.3) is 11.5 Å². The molecule has 0 unspecified atom stereocenters. The van der Waals surface area contributed by atoms with E-state index in [-0.39, 0.29) is 23.8 Å². The summed E-state index contributed by atoms with van der Waals surface area (Å²) in [5.41, 5.74) is -2.09. The number of pyridine rings is 1. The van der Waals surface area contributed by atoms with Crippen LogP contribution in [0.5, 0.6) is 0 Å². The number of sulfonamides is 1. The summed E-state index contributed by atoms with van der Waals surface area (Å²) < 4.78 is 61.2. The Labute approximate surface area is 169 Å². The highest BCUT2D eigenvalue weighted by atomic mass is 32.2. The SMILES string of the molecule is C[C@](O)(CS(N)(=O)=O)c1cccc(-c2nnn(Cc3cccc(C(F)(F)F)c3)n2)n1. The Balaban J connectivity index is 1.83. The van der Waals surface area contributed by atoms with Gasteiger partial charge in [0.1, 0.15) is 11.3 Å². The van der Waals surface area contributed by atoms with Gasteiger partial charge in [0.25, 0.3) is 0 Å². The Morgan fingerprint density at radius 3 is 2.53 bits per heavy atom. The van der Waals surface area contributed by atoms with E-state index in [1.54, 1.807) is 0 Å². The highest BCUT2D eigenvalue weighted by Gasteiger charge is 2.31. The maximum absolute atomic E-state index is 12.8. The third kappa shape index (κ3) is 5.37. The van der Waals surface area contributed by atoms with E-state index in [0.717, 1.165) is 16.9 Å². The van der Waals surface area contributed by atoms with Gasteiger partial charge < -0.3 is 5.11 Å². The quantitative estimate of drug-likeness (QED) is 0.587. The van der Waals surface area contributed by atoms with E-state index in [2.05, 4.69) is 20.4 Å². The number of hydrogen-bond donors (Lipinski definition) is 2. The maximum atomic E-state index is 12.8. The summed E-state index contributed by atoms with van der Waals surface area (Å²) in [6.07, 6.45) is -4.46. The molecule has 1 aromatic carbocycles. The predicted octanol–water partition coefficient (Wildman–Crippen LogP) is 1.30. The van der Waals surface area contributed by atoms with Gasteiger partial charge in [-0.3, -0.25) is 0 Å². The lowest BCUT2D eigenvalue weighted by Gasteiger charge is -2.21. The molecular weight excluding hydrogens is 425 g/mol. The first-order valence-electron chi connectivity index (χ1n) is 8.48. The second kappa shape index (κ2) is 7.74. The van der Waals surface area contributed by atoms with Crippen molar-refractivity contribution in [2.45, 2.75) is 25.2 Å². The van der Waals surface area contributed by atoms with Crippen LogP contribution in [0.1, 0.15) is 23.7 Å². The number of alkyl halides is 3. The first-order valence-corrected chi connectivity index (χ1v) is 10.2. The van der Waals surface area contributed by atoms with E-state index in [9.17, 15) is 26.7 Å². The van der Waals surface area contributed by atoms with Gasteiger partial charge in [-0.2, -0.15) is 18.0 Å². The zero-order valence-electron chi connectivity index (χ0n) is 15.6. The van der Waals surface area contributed by atoms with Gasteiger partial charge in [-0.15, -0.1) is 10.2 Å². The molecule has 3 N–H and O–H groups in total. The summed E-state index contributed by atoms with van der Waals surface area (Å²) in [6, 6.07) is 9.20. The lowest BCUT2D eigenvalue weighted by atomic mass is 10.0. The summed E-state index contributed by atoms with van der Waals surface area (Å²) in [5, 5.41) is 27.1. The average Bonchev–Trinajstić information content (AvgIpc) is 3.08. The molecule has 0 spiro atoms. The van der Waals surface area contributed by atoms with Gasteiger partial charge in [0, 0.05) is 0 Å². The number of tetrazole rings is 1. The second-order valence-corrected chi connectivity index (χ2v) is 8.45. The van der Waals surface area contributed by atoms with Crippen molar-refractivity contribution >= 4 is 10.0 Å². The monoisotopic (exact) mass is 442 g/mol. The average molecular weight is 442 g/mol. The highest BCUT2D eigenvalue weighted by Crippen LogP contribution is 2.29. The number of nitrogens with zero attached hydrogens (tertiary/aromatic N) is 5. The fraction of sp³-hybridized carbons (Fsp3) is 0.294. The Kier molecular flexibility index (Phi) is 5.62. The van der Waals surface area contributed by atoms with Gasteiger partial charge in [-0.05, 0) is 42.0 Å². The molecule has 1 atom stereocenters. The number of primary sulfonamides is 1. The van der Waals surface area contributed by atoms with Crippen molar-refractivity contribution in [2.24, 2.45) is 5.14 Å². The van der Waals surface area contributed by atoms with Crippen LogP contribution in [-0.2, 0) is 28.3 Å². The van der Waals surface area contributed by atoms with Crippen LogP contribution in [-0.4, -0.2) is 44.5 Å². The van der Waals surface area contributed by atoms with Crippen molar-refractivity contribution in [1.29, 1.82) is 0 Å². The van der Waals surface area contributed by atoms with E-state index in [0.29, 0.717) is 5.56 Å². The van der Waals surface area contributed by atoms with Crippen molar-refractivity contribution in [1.82, 2.24) is 25.2 Å². The number of aliphatic hydroxyl groups is 1. The molecule has 0 saturated carbocycles. The van der Waals surface area contributed by atoms with E-state index in [1.165, 1.54) is 37.3 Å². The van der Waals surface area contributed by atoms with Gasteiger partial charge in [-0.25, -0.2) is 18.5 Å². The molecule has 0 radical (unpaired) electrons. The highest BCUT2D eigenvalue weighted by molar-refractivity contribution is 7.89. The van der Waals surface area contributed by atoms with Crippen molar-refractivity contribution in [3.63, 3.8) is 0 Å². The Morgan fingerprint density at radius 2 is 1.87 bits per heavy atom. The standard InChI is InChI=1S/C17H17F3N6O3S/c1-16(27,10-30(21,28)29)14-7-3-6-13(22-14)15-23-25-26(24-15)9-11-4-2-5-12(8-11)17(18,19)20/h2-8,27H,9-10H2,1H3,(H2,21,28,29)/t16-/m0/s1. The molecule has 2 heterocycles. The van der Waals surface area contributed by atoms with Crippen molar-refractivity contribution in [3.8, 4) is 11.5 Å². The number of halogens is 3. The normalized spacial score (nSPS) is 14.5. The smallest absolute Gasteiger partial charge is 0.383 e. The molecule has 0 aliphatic carbocycles. The number of aromatic nitrogens is 5. The van der Waals surface area contributed by atoms with Crippen LogP contribution in [0.3, 0.4) is 0 Å². The van der Waals surface area contributed by atoms with Crippen LogP contribution in [0.4, 0.5) is 13.2 Å². The summed E-state index contributed by atoms with van der Waals surface area (Å²) in [4.78, 5) is 5.27. The van der Waals surface area contributed by atoms with Crippen LogP contribution < -0.4 is 5.14 Å². The molecule has 3 rings (SSSR count). The van der Waals surface area contributed by atoms with E-state index in [4.69, 9.17) is 5.14 Å². The third-order valence-electron chi connectivity index (χ3n) is 4.04. The minimum absolute atomic E-state index is 0.0308. The minimum Gasteiger partial charge on any atom is -0.383 e. The van der Waals surface area contributed by atoms with Gasteiger partial charge in [0.2, 0.25) is 15.8 Å². The summed E-state index contributed by atoms with van der Waals surface area (Å²) in [5.74, 6) is -0.693. The molecule has 2 aromatic heterocycles. The first kappa shape index (κ1) is 21.8. The second-order valence-electron chi connectivity index (χ2n) is 6.83. The number of rotatable bonds is 6. The summed E-state index contributed by atoms with van der Waals surface area (Å²) in [7, 11) is -3.97. The third-order valence-corrected chi connectivity index (χ3v) is 5.01. The van der Waals surface area contributed by atoms with Gasteiger partial charge in [-0.1, -0.05) is 18.2 Å². The van der Waals surface area contributed by atoms with Crippen LogP contribution in [0.2, 0.25) is 0 Å². The molecule has 0 bridgehead atoms. The molecule has 0 amide bonds.